The van der Waals surface area contributed by atoms with E-state index in [0.717, 1.165) is 13.1 Å². The SMILES string of the molecule is CC(CNC1CCSC1C)CN(C)C(=O)OC(C)(C)C. The number of ether oxygens (including phenoxy) is 1. The Morgan fingerprint density at radius 2 is 2.15 bits per heavy atom. The minimum atomic E-state index is -0.427. The quantitative estimate of drug-likeness (QED) is 0.848. The van der Waals surface area contributed by atoms with E-state index in [2.05, 4.69) is 19.2 Å². The van der Waals surface area contributed by atoms with E-state index in [1.807, 2.05) is 32.5 Å². The van der Waals surface area contributed by atoms with Crippen molar-refractivity contribution in [1.29, 1.82) is 0 Å². The van der Waals surface area contributed by atoms with Gasteiger partial charge in [0.1, 0.15) is 5.60 Å². The number of hydrogen-bond acceptors (Lipinski definition) is 4. The summed E-state index contributed by atoms with van der Waals surface area (Å²) in [5.41, 5.74) is -0.427. The van der Waals surface area contributed by atoms with Crippen LogP contribution in [0.1, 0.15) is 41.0 Å². The van der Waals surface area contributed by atoms with Gasteiger partial charge in [-0.1, -0.05) is 13.8 Å². The van der Waals surface area contributed by atoms with Crippen LogP contribution in [-0.4, -0.2) is 53.8 Å². The van der Waals surface area contributed by atoms with Gasteiger partial charge in [0.25, 0.3) is 0 Å². The zero-order chi connectivity index (χ0) is 15.3. The largest absolute Gasteiger partial charge is 0.444 e. The minimum Gasteiger partial charge on any atom is -0.444 e. The van der Waals surface area contributed by atoms with Crippen molar-refractivity contribution in [1.82, 2.24) is 10.2 Å². The molecule has 0 radical (unpaired) electrons. The Bertz CT molecular complexity index is 317. The molecular formula is C15H30N2O2S. The van der Waals surface area contributed by atoms with Gasteiger partial charge < -0.3 is 15.0 Å². The van der Waals surface area contributed by atoms with Crippen LogP contribution in [0, 0.1) is 5.92 Å². The lowest BCUT2D eigenvalue weighted by Gasteiger charge is -2.27. The van der Waals surface area contributed by atoms with Crippen LogP contribution < -0.4 is 5.32 Å². The third kappa shape index (κ3) is 6.35. The zero-order valence-electron chi connectivity index (χ0n) is 13.7. The molecule has 3 unspecified atom stereocenters. The first-order valence-electron chi connectivity index (χ1n) is 7.48. The lowest BCUT2D eigenvalue weighted by Crippen LogP contribution is -2.41. The second kappa shape index (κ2) is 7.55. The number of thioether (sulfide) groups is 1. The fraction of sp³-hybridized carbons (Fsp3) is 0.933. The summed E-state index contributed by atoms with van der Waals surface area (Å²) in [6, 6.07) is 0.620. The summed E-state index contributed by atoms with van der Waals surface area (Å²) in [6.45, 7) is 11.8. The van der Waals surface area contributed by atoms with Crippen LogP contribution >= 0.6 is 11.8 Å². The van der Waals surface area contributed by atoms with Gasteiger partial charge in [-0.25, -0.2) is 4.79 Å². The Balaban J connectivity index is 2.27. The number of rotatable bonds is 5. The molecule has 1 amide bonds. The maximum atomic E-state index is 11.9. The normalized spacial score (nSPS) is 24.5. The van der Waals surface area contributed by atoms with E-state index in [9.17, 15) is 4.79 Å². The molecule has 1 aliphatic rings. The van der Waals surface area contributed by atoms with Crippen LogP contribution in [0.25, 0.3) is 0 Å². The second-order valence-electron chi connectivity index (χ2n) is 6.85. The summed E-state index contributed by atoms with van der Waals surface area (Å²) in [6.07, 6.45) is 1.01. The first-order chi connectivity index (χ1) is 9.19. The van der Waals surface area contributed by atoms with Gasteiger partial charge in [0, 0.05) is 24.9 Å². The molecule has 1 rings (SSSR count). The Kier molecular flexibility index (Phi) is 6.65. The van der Waals surface area contributed by atoms with Crippen LogP contribution in [0.15, 0.2) is 0 Å². The summed E-state index contributed by atoms with van der Waals surface area (Å²) in [4.78, 5) is 13.6. The molecule has 1 fully saturated rings. The summed E-state index contributed by atoms with van der Waals surface area (Å²) in [5, 5.41) is 4.32. The van der Waals surface area contributed by atoms with Crippen LogP contribution in [0.2, 0.25) is 0 Å². The predicted octanol–water partition coefficient (Wildman–Crippen LogP) is 2.97. The third-order valence-electron chi connectivity index (χ3n) is 3.40. The van der Waals surface area contributed by atoms with E-state index >= 15 is 0 Å². The first-order valence-corrected chi connectivity index (χ1v) is 8.53. The average molecular weight is 302 g/mol. The fourth-order valence-electron chi connectivity index (χ4n) is 2.30. The predicted molar refractivity (Wildman–Crippen MR) is 86.4 cm³/mol. The summed E-state index contributed by atoms with van der Waals surface area (Å²) in [5.74, 6) is 1.68. The Morgan fingerprint density at radius 3 is 2.65 bits per heavy atom. The van der Waals surface area contributed by atoms with E-state index < -0.39 is 5.60 Å². The third-order valence-corrected chi connectivity index (χ3v) is 4.72. The molecule has 0 spiro atoms. The molecule has 0 aromatic heterocycles. The number of carbonyl (C=O) groups is 1. The molecule has 1 heterocycles. The fourth-order valence-corrected chi connectivity index (χ4v) is 3.53. The van der Waals surface area contributed by atoms with Gasteiger partial charge in [-0.15, -0.1) is 0 Å². The number of hydrogen-bond donors (Lipinski definition) is 1. The smallest absolute Gasteiger partial charge is 0.410 e. The number of nitrogens with zero attached hydrogens (tertiary/aromatic N) is 1. The maximum Gasteiger partial charge on any atom is 0.410 e. The Labute approximate surface area is 128 Å². The summed E-state index contributed by atoms with van der Waals surface area (Å²) >= 11 is 2.04. The van der Waals surface area contributed by atoms with Gasteiger partial charge in [-0.05, 0) is 45.4 Å². The van der Waals surface area contributed by atoms with Crippen molar-refractivity contribution >= 4 is 17.9 Å². The lowest BCUT2D eigenvalue weighted by atomic mass is 10.1. The topological polar surface area (TPSA) is 41.6 Å². The standard InChI is InChI=1S/C15H30N2O2S/c1-11(9-16-13-7-8-20-12(13)2)10-17(6)14(18)19-15(3,4)5/h11-13,16H,7-10H2,1-6H3. The molecule has 0 bridgehead atoms. The molecular weight excluding hydrogens is 272 g/mol. The van der Waals surface area contributed by atoms with E-state index in [0.29, 0.717) is 17.2 Å². The number of amides is 1. The molecule has 0 aromatic rings. The van der Waals surface area contributed by atoms with Gasteiger partial charge >= 0.3 is 6.09 Å². The van der Waals surface area contributed by atoms with Crippen molar-refractivity contribution in [3.05, 3.63) is 0 Å². The molecule has 1 aliphatic heterocycles. The number of nitrogens with one attached hydrogen (secondary N) is 1. The van der Waals surface area contributed by atoms with Crippen molar-refractivity contribution in [3.8, 4) is 0 Å². The summed E-state index contributed by atoms with van der Waals surface area (Å²) < 4.78 is 5.36. The lowest BCUT2D eigenvalue weighted by molar-refractivity contribution is 0.0276. The zero-order valence-corrected chi connectivity index (χ0v) is 14.5. The van der Waals surface area contributed by atoms with Crippen LogP contribution in [0.5, 0.6) is 0 Å². The molecule has 118 valence electrons. The molecule has 5 heteroatoms. The molecule has 20 heavy (non-hydrogen) atoms. The van der Waals surface area contributed by atoms with Crippen molar-refractivity contribution in [2.45, 2.75) is 57.9 Å². The second-order valence-corrected chi connectivity index (χ2v) is 8.33. The van der Waals surface area contributed by atoms with Gasteiger partial charge in [-0.2, -0.15) is 11.8 Å². The highest BCUT2D eigenvalue weighted by Crippen LogP contribution is 2.26. The molecule has 0 aromatic carbocycles. The molecule has 4 nitrogen and oxygen atoms in total. The van der Waals surface area contributed by atoms with Gasteiger partial charge in [-0.3, -0.25) is 0 Å². The average Bonchev–Trinajstić information content (AvgIpc) is 2.70. The van der Waals surface area contributed by atoms with E-state index in [1.54, 1.807) is 11.9 Å². The molecule has 0 saturated carbocycles. The van der Waals surface area contributed by atoms with Crippen molar-refractivity contribution in [2.75, 3.05) is 25.9 Å². The minimum absolute atomic E-state index is 0.242. The molecule has 3 atom stereocenters. The van der Waals surface area contributed by atoms with Crippen molar-refractivity contribution in [2.24, 2.45) is 5.92 Å². The van der Waals surface area contributed by atoms with E-state index in [1.165, 1.54) is 12.2 Å². The maximum absolute atomic E-state index is 11.9. The Morgan fingerprint density at radius 1 is 1.50 bits per heavy atom. The highest BCUT2D eigenvalue weighted by atomic mass is 32.2. The van der Waals surface area contributed by atoms with Crippen LogP contribution in [0.4, 0.5) is 4.79 Å². The molecule has 1 saturated heterocycles. The van der Waals surface area contributed by atoms with E-state index in [4.69, 9.17) is 4.74 Å². The van der Waals surface area contributed by atoms with Crippen molar-refractivity contribution in [3.63, 3.8) is 0 Å². The van der Waals surface area contributed by atoms with Crippen molar-refractivity contribution < 1.29 is 9.53 Å². The van der Waals surface area contributed by atoms with E-state index in [-0.39, 0.29) is 6.09 Å². The molecule has 0 aliphatic carbocycles. The molecule has 1 N–H and O–H groups in total. The Hall–Kier alpha value is -0.420. The highest BCUT2D eigenvalue weighted by Gasteiger charge is 2.24. The van der Waals surface area contributed by atoms with Crippen LogP contribution in [-0.2, 0) is 4.74 Å². The van der Waals surface area contributed by atoms with Gasteiger partial charge in [0.2, 0.25) is 0 Å². The van der Waals surface area contributed by atoms with Crippen LogP contribution in [0.3, 0.4) is 0 Å². The van der Waals surface area contributed by atoms with Gasteiger partial charge in [0.05, 0.1) is 0 Å². The monoisotopic (exact) mass is 302 g/mol. The number of carbonyl (C=O) groups excluding carboxylic acids is 1. The highest BCUT2D eigenvalue weighted by molar-refractivity contribution is 8.00. The first kappa shape index (κ1) is 17.6. The summed E-state index contributed by atoms with van der Waals surface area (Å²) in [7, 11) is 1.80. The van der Waals surface area contributed by atoms with Gasteiger partial charge in [0.15, 0.2) is 0 Å².